The topological polar surface area (TPSA) is 85.7 Å². The van der Waals surface area contributed by atoms with Crippen LogP contribution in [0.15, 0.2) is 48.5 Å². The van der Waals surface area contributed by atoms with Crippen molar-refractivity contribution in [1.29, 1.82) is 0 Å². The molecule has 0 aliphatic carbocycles. The first kappa shape index (κ1) is 26.6. The van der Waals surface area contributed by atoms with Crippen molar-refractivity contribution in [3.8, 4) is 22.8 Å². The molecule has 0 spiro atoms. The Morgan fingerprint density at radius 3 is 2.46 bits per heavy atom. The number of benzene rings is 2. The van der Waals surface area contributed by atoms with E-state index in [1.807, 2.05) is 62.5 Å². The number of hydrogen-bond acceptors (Lipinski definition) is 6. The van der Waals surface area contributed by atoms with Crippen LogP contribution < -0.4 is 19.7 Å². The maximum Gasteiger partial charge on any atom is 0.240 e. The molecule has 196 valence electrons. The van der Waals surface area contributed by atoms with Crippen molar-refractivity contribution in [2.24, 2.45) is 13.0 Å². The van der Waals surface area contributed by atoms with Crippen molar-refractivity contribution in [1.82, 2.24) is 15.1 Å². The van der Waals surface area contributed by atoms with Gasteiger partial charge in [0.1, 0.15) is 12.4 Å². The number of thioether (sulfide) groups is 1. The average Bonchev–Trinajstić information content (AvgIpc) is 3.16. The lowest BCUT2D eigenvalue weighted by Gasteiger charge is -2.24. The van der Waals surface area contributed by atoms with Gasteiger partial charge >= 0.3 is 0 Å². The highest BCUT2D eigenvalue weighted by Gasteiger charge is 2.37. The number of amides is 2. The Morgan fingerprint density at radius 1 is 1.11 bits per heavy atom. The van der Waals surface area contributed by atoms with E-state index >= 15 is 0 Å². The number of nitrogens with one attached hydrogen (secondary N) is 1. The van der Waals surface area contributed by atoms with Gasteiger partial charge in [-0.3, -0.25) is 19.2 Å². The summed E-state index contributed by atoms with van der Waals surface area (Å²) in [5.41, 5.74) is 3.57. The van der Waals surface area contributed by atoms with E-state index in [9.17, 15) is 9.59 Å². The fourth-order valence-corrected chi connectivity index (χ4v) is 5.58. The first-order valence-electron chi connectivity index (χ1n) is 12.3. The molecule has 2 unspecified atom stereocenters. The Morgan fingerprint density at radius 2 is 1.81 bits per heavy atom. The number of carbonyl (C=O) groups excluding carboxylic acids is 2. The number of aryl methyl sites for hydroxylation is 1. The third-order valence-electron chi connectivity index (χ3n) is 6.69. The molecule has 2 atom stereocenters. The number of nitrogens with zero attached hydrogens (tertiary/aromatic N) is 3. The lowest BCUT2D eigenvalue weighted by atomic mass is 9.99. The van der Waals surface area contributed by atoms with Gasteiger partial charge in [0.05, 0.1) is 30.9 Å². The molecule has 2 heterocycles. The number of carbonyl (C=O) groups is 2. The molecular weight excluding hydrogens is 488 g/mol. The second kappa shape index (κ2) is 11.3. The molecule has 37 heavy (non-hydrogen) atoms. The average molecular weight is 523 g/mol. The highest BCUT2D eigenvalue weighted by Crippen LogP contribution is 2.48. The minimum absolute atomic E-state index is 0.00523. The van der Waals surface area contributed by atoms with Gasteiger partial charge < -0.3 is 14.8 Å². The summed E-state index contributed by atoms with van der Waals surface area (Å²) in [6, 6.07) is 15.7. The zero-order valence-electron chi connectivity index (χ0n) is 22.1. The van der Waals surface area contributed by atoms with Crippen molar-refractivity contribution in [2.45, 2.75) is 32.1 Å². The standard InChI is InChI=1S/C28H34N4O4S/c1-17(2)18(3)29-23(33)15-32-24(34)16-37-27(20-12-13-21(35-5)22(14-20)36-6)25-26(30-31(4)28(25)32)19-10-8-7-9-11-19/h7-14,17-18,27H,15-16H2,1-6H3,(H,29,33). The Kier molecular flexibility index (Phi) is 8.12. The molecule has 1 aromatic heterocycles. The van der Waals surface area contributed by atoms with Crippen molar-refractivity contribution in [3.05, 3.63) is 59.7 Å². The second-order valence-electron chi connectivity index (χ2n) is 9.46. The fraction of sp³-hybridized carbons (Fsp3) is 0.393. The summed E-state index contributed by atoms with van der Waals surface area (Å²) in [5, 5.41) is 7.67. The van der Waals surface area contributed by atoms with Crippen LogP contribution in [0.4, 0.5) is 5.82 Å². The van der Waals surface area contributed by atoms with Crippen LogP contribution in [0, 0.1) is 5.92 Å². The zero-order chi connectivity index (χ0) is 26.7. The minimum atomic E-state index is -0.217. The van der Waals surface area contributed by atoms with Gasteiger partial charge in [-0.15, -0.1) is 11.8 Å². The molecule has 0 saturated carbocycles. The van der Waals surface area contributed by atoms with Gasteiger partial charge in [-0.05, 0) is 30.5 Å². The van der Waals surface area contributed by atoms with E-state index in [1.54, 1.807) is 23.8 Å². The molecule has 9 heteroatoms. The van der Waals surface area contributed by atoms with Crippen LogP contribution in [-0.2, 0) is 16.6 Å². The largest absolute Gasteiger partial charge is 0.493 e. The normalized spacial score (nSPS) is 16.2. The molecule has 1 aliphatic rings. The lowest BCUT2D eigenvalue weighted by Crippen LogP contribution is -2.46. The molecule has 0 fully saturated rings. The van der Waals surface area contributed by atoms with Crippen LogP contribution in [0.25, 0.3) is 11.3 Å². The number of fused-ring (bicyclic) bond motifs is 1. The van der Waals surface area contributed by atoms with Crippen molar-refractivity contribution >= 4 is 29.4 Å². The number of methoxy groups -OCH3 is 2. The van der Waals surface area contributed by atoms with Crippen LogP contribution in [-0.4, -0.2) is 54.2 Å². The van der Waals surface area contributed by atoms with Crippen molar-refractivity contribution in [3.63, 3.8) is 0 Å². The Bertz CT molecular complexity index is 1270. The van der Waals surface area contributed by atoms with E-state index in [-0.39, 0.29) is 41.3 Å². The summed E-state index contributed by atoms with van der Waals surface area (Å²) in [7, 11) is 5.03. The molecule has 3 aromatic rings. The number of ether oxygens (including phenoxy) is 2. The van der Waals surface area contributed by atoms with Gasteiger partial charge in [-0.2, -0.15) is 5.10 Å². The van der Waals surface area contributed by atoms with Gasteiger partial charge in [0, 0.05) is 24.2 Å². The summed E-state index contributed by atoms with van der Waals surface area (Å²) < 4.78 is 12.7. The van der Waals surface area contributed by atoms with Gasteiger partial charge in [0.15, 0.2) is 11.5 Å². The zero-order valence-corrected chi connectivity index (χ0v) is 23.0. The third kappa shape index (κ3) is 5.46. The van der Waals surface area contributed by atoms with Gasteiger partial charge in [0.2, 0.25) is 11.8 Å². The van der Waals surface area contributed by atoms with E-state index in [0.717, 1.165) is 22.4 Å². The van der Waals surface area contributed by atoms with E-state index in [2.05, 4.69) is 19.2 Å². The first-order valence-corrected chi connectivity index (χ1v) is 13.4. The van der Waals surface area contributed by atoms with E-state index < -0.39 is 0 Å². The summed E-state index contributed by atoms with van der Waals surface area (Å²) in [6.45, 7) is 6.00. The highest BCUT2D eigenvalue weighted by molar-refractivity contribution is 8.00. The molecule has 1 aliphatic heterocycles. The molecular formula is C28H34N4O4S. The minimum Gasteiger partial charge on any atom is -0.493 e. The smallest absolute Gasteiger partial charge is 0.240 e. The van der Waals surface area contributed by atoms with Crippen molar-refractivity contribution in [2.75, 3.05) is 31.4 Å². The molecule has 2 aromatic carbocycles. The monoisotopic (exact) mass is 522 g/mol. The van der Waals surface area contributed by atoms with Gasteiger partial charge in [-0.1, -0.05) is 50.2 Å². The Labute approximate surface area is 222 Å². The number of aromatic nitrogens is 2. The van der Waals surface area contributed by atoms with Crippen LogP contribution in [0.3, 0.4) is 0 Å². The molecule has 0 bridgehead atoms. The first-order chi connectivity index (χ1) is 17.7. The summed E-state index contributed by atoms with van der Waals surface area (Å²) in [6.07, 6.45) is 0. The van der Waals surface area contributed by atoms with Crippen LogP contribution in [0.1, 0.15) is 37.1 Å². The maximum atomic E-state index is 13.5. The number of anilines is 1. The second-order valence-corrected chi connectivity index (χ2v) is 10.6. The van der Waals surface area contributed by atoms with E-state index in [1.165, 1.54) is 11.8 Å². The number of hydrogen-bond donors (Lipinski definition) is 1. The molecule has 8 nitrogen and oxygen atoms in total. The van der Waals surface area contributed by atoms with Gasteiger partial charge in [0.25, 0.3) is 0 Å². The molecule has 2 amide bonds. The van der Waals surface area contributed by atoms with Crippen LogP contribution in [0.5, 0.6) is 11.5 Å². The molecule has 0 saturated heterocycles. The Hall–Kier alpha value is -3.46. The third-order valence-corrected chi connectivity index (χ3v) is 7.95. The van der Waals surface area contributed by atoms with E-state index in [0.29, 0.717) is 17.3 Å². The highest BCUT2D eigenvalue weighted by atomic mass is 32.2. The molecule has 4 rings (SSSR count). The van der Waals surface area contributed by atoms with Gasteiger partial charge in [-0.25, -0.2) is 0 Å². The van der Waals surface area contributed by atoms with E-state index in [4.69, 9.17) is 14.6 Å². The van der Waals surface area contributed by atoms with Crippen LogP contribution in [0.2, 0.25) is 0 Å². The molecule has 1 N–H and O–H groups in total. The summed E-state index contributed by atoms with van der Waals surface area (Å²) in [5.74, 6) is 2.04. The summed E-state index contributed by atoms with van der Waals surface area (Å²) in [4.78, 5) is 28.1. The maximum absolute atomic E-state index is 13.5. The molecule has 0 radical (unpaired) electrons. The number of rotatable bonds is 8. The fourth-order valence-electron chi connectivity index (χ4n) is 4.39. The van der Waals surface area contributed by atoms with Crippen LogP contribution >= 0.6 is 11.8 Å². The predicted octanol–water partition coefficient (Wildman–Crippen LogP) is 4.43. The lowest BCUT2D eigenvalue weighted by molar-refractivity contribution is -0.123. The van der Waals surface area contributed by atoms with Crippen molar-refractivity contribution < 1.29 is 19.1 Å². The summed E-state index contributed by atoms with van der Waals surface area (Å²) >= 11 is 1.52. The predicted molar refractivity (Wildman–Crippen MR) is 147 cm³/mol. The quantitative estimate of drug-likeness (QED) is 0.471. The Balaban J connectivity index is 1.85. The SMILES string of the molecule is COc1ccc(C2SCC(=O)N(CC(=O)NC(C)C(C)C)c3c2c(-c2ccccc2)nn3C)cc1OC.